The highest BCUT2D eigenvalue weighted by atomic mass is 19.4. The van der Waals surface area contributed by atoms with Gasteiger partial charge in [0.2, 0.25) is 5.91 Å². The summed E-state index contributed by atoms with van der Waals surface area (Å²) in [5.74, 6) is 0.209. The molecule has 0 aromatic carbocycles. The smallest absolute Gasteiger partial charge is 0.372 e. The molecular weight excluding hydrogens is 285 g/mol. The molecule has 2 saturated carbocycles. The summed E-state index contributed by atoms with van der Waals surface area (Å²) in [7, 11) is 0. The number of hydrogen-bond acceptors (Lipinski definition) is 3. The van der Waals surface area contributed by atoms with Gasteiger partial charge in [-0.3, -0.25) is 4.79 Å². The second-order valence-corrected chi connectivity index (χ2v) is 6.87. The molecule has 7 heteroatoms. The fourth-order valence-electron chi connectivity index (χ4n) is 3.58. The Hall–Kier alpha value is -0.820. The van der Waals surface area contributed by atoms with Crippen molar-refractivity contribution in [2.24, 2.45) is 17.1 Å². The first-order valence-corrected chi connectivity index (χ1v) is 7.48. The largest absolute Gasteiger partial charge is 0.390 e. The van der Waals surface area contributed by atoms with E-state index >= 15 is 0 Å². The lowest BCUT2D eigenvalue weighted by molar-refractivity contribution is -0.155. The summed E-state index contributed by atoms with van der Waals surface area (Å²) in [6.07, 6.45) is -2.04. The first-order chi connectivity index (χ1) is 9.78. The molecule has 2 heterocycles. The molecule has 0 spiro atoms. The lowest BCUT2D eigenvalue weighted by atomic mass is 9.61. The third-order valence-electron chi connectivity index (χ3n) is 4.93. The van der Waals surface area contributed by atoms with Crippen molar-refractivity contribution in [1.29, 1.82) is 0 Å². The van der Waals surface area contributed by atoms with Crippen molar-refractivity contribution in [1.82, 2.24) is 4.90 Å². The van der Waals surface area contributed by atoms with E-state index in [2.05, 4.69) is 0 Å². The van der Waals surface area contributed by atoms with E-state index in [0.29, 0.717) is 38.5 Å². The summed E-state index contributed by atoms with van der Waals surface area (Å²) < 4.78 is 43.0. The zero-order valence-corrected chi connectivity index (χ0v) is 11.9. The van der Waals surface area contributed by atoms with Crippen LogP contribution in [0.2, 0.25) is 0 Å². The average Bonchev–Trinajstić information content (AvgIpc) is 3.00. The Morgan fingerprint density at radius 2 is 2.00 bits per heavy atom. The molecule has 21 heavy (non-hydrogen) atoms. The first-order valence-electron chi connectivity index (χ1n) is 7.48. The Labute approximate surface area is 121 Å². The van der Waals surface area contributed by atoms with E-state index in [1.165, 1.54) is 4.90 Å². The fraction of sp³-hybridized carbons (Fsp3) is 0.929. The predicted octanol–water partition coefficient (Wildman–Crippen LogP) is 1.69. The van der Waals surface area contributed by atoms with E-state index in [9.17, 15) is 18.0 Å². The van der Waals surface area contributed by atoms with Crippen molar-refractivity contribution in [3.63, 3.8) is 0 Å². The molecule has 1 amide bonds. The Balaban J connectivity index is 1.64. The number of nitrogens with zero attached hydrogens (tertiary/aromatic N) is 1. The molecular formula is C14H21F3N2O2. The molecule has 4 nitrogen and oxygen atoms in total. The highest BCUT2D eigenvalue weighted by Gasteiger charge is 2.66. The minimum atomic E-state index is -4.23. The van der Waals surface area contributed by atoms with Crippen molar-refractivity contribution in [3.05, 3.63) is 0 Å². The zero-order valence-electron chi connectivity index (χ0n) is 11.9. The molecule has 0 radical (unpaired) electrons. The van der Waals surface area contributed by atoms with E-state index in [0.717, 1.165) is 12.8 Å². The number of fused-ring (bicyclic) bond motifs is 1. The fourth-order valence-corrected chi connectivity index (χ4v) is 3.58. The van der Waals surface area contributed by atoms with Gasteiger partial charge in [-0.2, -0.15) is 13.2 Å². The third-order valence-corrected chi connectivity index (χ3v) is 4.93. The number of amides is 1. The van der Waals surface area contributed by atoms with Crippen LogP contribution in [0.15, 0.2) is 0 Å². The van der Waals surface area contributed by atoms with Crippen LogP contribution in [-0.2, 0) is 9.53 Å². The Kier molecular flexibility index (Phi) is 3.48. The van der Waals surface area contributed by atoms with Crippen molar-refractivity contribution in [3.8, 4) is 0 Å². The van der Waals surface area contributed by atoms with Crippen molar-refractivity contribution < 1.29 is 22.7 Å². The average molecular weight is 306 g/mol. The van der Waals surface area contributed by atoms with Gasteiger partial charge in [-0.15, -0.1) is 0 Å². The monoisotopic (exact) mass is 306 g/mol. The minimum absolute atomic E-state index is 0.166. The van der Waals surface area contributed by atoms with Gasteiger partial charge in [-0.1, -0.05) is 0 Å². The number of hydrogen-bond donors (Lipinski definition) is 1. The maximum absolute atomic E-state index is 12.7. The van der Waals surface area contributed by atoms with E-state index < -0.39 is 23.6 Å². The highest BCUT2D eigenvalue weighted by Crippen LogP contribution is 2.58. The second-order valence-electron chi connectivity index (χ2n) is 6.87. The van der Waals surface area contributed by atoms with Crippen LogP contribution in [0.1, 0.15) is 32.1 Å². The van der Waals surface area contributed by atoms with E-state index in [-0.39, 0.29) is 12.5 Å². The molecule has 0 unspecified atom stereocenters. The third kappa shape index (κ3) is 2.90. The van der Waals surface area contributed by atoms with E-state index in [1.807, 2.05) is 0 Å². The molecule has 120 valence electrons. The van der Waals surface area contributed by atoms with E-state index in [1.54, 1.807) is 0 Å². The molecule has 2 aliphatic heterocycles. The Bertz CT molecular complexity index is 428. The van der Waals surface area contributed by atoms with Gasteiger partial charge in [0, 0.05) is 19.6 Å². The van der Waals surface area contributed by atoms with Crippen LogP contribution in [0.4, 0.5) is 13.2 Å². The number of carbonyl (C=O) groups is 1. The summed E-state index contributed by atoms with van der Waals surface area (Å²) in [4.78, 5) is 14.1. The molecule has 2 aliphatic carbocycles. The molecule has 4 rings (SSSR count). The number of rotatable bonds is 6. The number of carbonyl (C=O) groups excluding carboxylic acids is 1. The van der Waals surface area contributed by atoms with Gasteiger partial charge in [0.1, 0.15) is 0 Å². The van der Waals surface area contributed by atoms with Gasteiger partial charge < -0.3 is 15.4 Å². The lowest BCUT2D eigenvalue weighted by Crippen LogP contribution is -2.57. The molecule has 2 bridgehead atoms. The standard InChI is InChI=1S/C14H21F3N2O2/c15-14(16,17)3-4-19(5-10-1-2-10)11(20)12-6-13(7-12,8-18)21-9-12/h10H,1-9,18H2. The summed E-state index contributed by atoms with van der Waals surface area (Å²) in [6, 6.07) is 0. The predicted molar refractivity (Wildman–Crippen MR) is 69.4 cm³/mol. The maximum atomic E-state index is 12.7. The normalized spacial score (nSPS) is 34.7. The molecule has 4 aliphatic rings. The summed E-state index contributed by atoms with van der Waals surface area (Å²) in [6.45, 7) is 0.881. The molecule has 0 aromatic rings. The van der Waals surface area contributed by atoms with Crippen LogP contribution < -0.4 is 5.73 Å². The van der Waals surface area contributed by atoms with Gasteiger partial charge in [-0.25, -0.2) is 0 Å². The van der Waals surface area contributed by atoms with Crippen LogP contribution in [0, 0.1) is 11.3 Å². The first kappa shape index (κ1) is 15.1. The summed E-state index contributed by atoms with van der Waals surface area (Å²) in [5.41, 5.74) is 4.64. The molecule has 2 N–H and O–H groups in total. The van der Waals surface area contributed by atoms with Gasteiger partial charge >= 0.3 is 6.18 Å². The maximum Gasteiger partial charge on any atom is 0.390 e. The number of nitrogens with two attached hydrogens (primary N) is 1. The Morgan fingerprint density at radius 1 is 1.33 bits per heavy atom. The van der Waals surface area contributed by atoms with Gasteiger partial charge in [0.15, 0.2) is 0 Å². The number of halogens is 3. The minimum Gasteiger partial charge on any atom is -0.372 e. The lowest BCUT2D eigenvalue weighted by Gasteiger charge is -2.45. The van der Waals surface area contributed by atoms with Crippen LogP contribution in [0.3, 0.4) is 0 Å². The second kappa shape index (κ2) is 4.84. The summed E-state index contributed by atoms with van der Waals surface area (Å²) in [5, 5.41) is 0. The number of alkyl halides is 3. The summed E-state index contributed by atoms with van der Waals surface area (Å²) >= 11 is 0. The van der Waals surface area contributed by atoms with Crippen LogP contribution in [0.5, 0.6) is 0 Å². The number of ether oxygens (including phenoxy) is 1. The van der Waals surface area contributed by atoms with Crippen molar-refractivity contribution in [2.45, 2.75) is 43.9 Å². The molecule has 0 aromatic heterocycles. The van der Waals surface area contributed by atoms with Gasteiger partial charge in [-0.05, 0) is 31.6 Å². The quantitative estimate of drug-likeness (QED) is 0.812. The van der Waals surface area contributed by atoms with Crippen LogP contribution in [0.25, 0.3) is 0 Å². The van der Waals surface area contributed by atoms with Crippen LogP contribution >= 0.6 is 0 Å². The van der Waals surface area contributed by atoms with E-state index in [4.69, 9.17) is 10.5 Å². The van der Waals surface area contributed by atoms with Crippen LogP contribution in [-0.4, -0.2) is 48.8 Å². The van der Waals surface area contributed by atoms with Crippen molar-refractivity contribution in [2.75, 3.05) is 26.2 Å². The molecule has 4 fully saturated rings. The molecule has 2 saturated heterocycles. The SMILES string of the molecule is NCC12CC(C(=O)N(CCC(F)(F)F)CC3CC3)(CO1)C2. The Morgan fingerprint density at radius 3 is 2.48 bits per heavy atom. The van der Waals surface area contributed by atoms with Gasteiger partial charge in [0.05, 0.1) is 24.0 Å². The van der Waals surface area contributed by atoms with Crippen molar-refractivity contribution >= 4 is 5.91 Å². The van der Waals surface area contributed by atoms with Gasteiger partial charge in [0.25, 0.3) is 0 Å². The zero-order chi connectivity index (χ0) is 15.3. The highest BCUT2D eigenvalue weighted by molar-refractivity contribution is 5.85. The molecule has 0 atom stereocenters. The topological polar surface area (TPSA) is 55.6 Å².